The first-order chi connectivity index (χ1) is 15.4. The molecule has 0 fully saturated rings. The number of ether oxygens (including phenoxy) is 3. The summed E-state index contributed by atoms with van der Waals surface area (Å²) in [5.74, 6) is -2.40. The van der Waals surface area contributed by atoms with Crippen molar-refractivity contribution in [2.45, 2.75) is 13.2 Å². The molecule has 0 aliphatic heterocycles. The van der Waals surface area contributed by atoms with Crippen molar-refractivity contribution in [3.8, 4) is 22.9 Å². The van der Waals surface area contributed by atoms with Crippen LogP contribution in [0.3, 0.4) is 0 Å². The molecule has 9 nitrogen and oxygen atoms in total. The van der Waals surface area contributed by atoms with Crippen LogP contribution < -0.4 is 14.8 Å². The van der Waals surface area contributed by atoms with Gasteiger partial charge in [-0.2, -0.15) is 13.8 Å². The van der Waals surface area contributed by atoms with E-state index < -0.39 is 30.8 Å². The lowest BCUT2D eigenvalue weighted by Crippen LogP contribution is -2.31. The summed E-state index contributed by atoms with van der Waals surface area (Å²) in [5.41, 5.74) is 0.171. The van der Waals surface area contributed by atoms with Gasteiger partial charge in [0.1, 0.15) is 12.4 Å². The highest BCUT2D eigenvalue weighted by Gasteiger charge is 2.16. The monoisotopic (exact) mass is 451 g/mol. The normalized spacial score (nSPS) is 10.7. The first-order valence-electron chi connectivity index (χ1n) is 9.01. The number of benzene rings is 2. The molecule has 0 bridgehead atoms. The lowest BCUT2D eigenvalue weighted by Gasteiger charge is -2.10. The van der Waals surface area contributed by atoms with Crippen molar-refractivity contribution in [3.63, 3.8) is 0 Å². The lowest BCUT2D eigenvalue weighted by atomic mass is 10.2. The van der Waals surface area contributed by atoms with Crippen LogP contribution in [-0.2, 0) is 16.1 Å². The van der Waals surface area contributed by atoms with Crippen molar-refractivity contribution in [1.82, 2.24) is 15.5 Å². The summed E-state index contributed by atoms with van der Waals surface area (Å²) < 4.78 is 57.6. The minimum Gasteiger partial charge on any atom is -0.493 e. The molecule has 1 amide bonds. The Labute approximate surface area is 179 Å². The summed E-state index contributed by atoms with van der Waals surface area (Å²) in [6.07, 6.45) is 0. The third kappa shape index (κ3) is 5.74. The van der Waals surface area contributed by atoms with Gasteiger partial charge in [0, 0.05) is 5.56 Å². The second-order valence-corrected chi connectivity index (χ2v) is 6.08. The fraction of sp³-hybridized carbons (Fsp3) is 0.200. The summed E-state index contributed by atoms with van der Waals surface area (Å²) in [6.45, 7) is -3.90. The number of alkyl halides is 2. The zero-order valence-electron chi connectivity index (χ0n) is 16.5. The number of halogens is 3. The van der Waals surface area contributed by atoms with Crippen LogP contribution in [0.4, 0.5) is 13.2 Å². The second-order valence-electron chi connectivity index (χ2n) is 6.08. The van der Waals surface area contributed by atoms with E-state index in [9.17, 15) is 22.8 Å². The van der Waals surface area contributed by atoms with Crippen LogP contribution >= 0.6 is 0 Å². The minimum atomic E-state index is -3.02. The largest absolute Gasteiger partial charge is 0.493 e. The van der Waals surface area contributed by atoms with E-state index >= 15 is 0 Å². The van der Waals surface area contributed by atoms with Gasteiger partial charge >= 0.3 is 12.6 Å². The summed E-state index contributed by atoms with van der Waals surface area (Å²) in [5, 5.41) is 5.96. The number of esters is 1. The molecule has 3 rings (SSSR count). The van der Waals surface area contributed by atoms with E-state index in [2.05, 4.69) is 20.2 Å². The first-order valence-corrected chi connectivity index (χ1v) is 9.01. The number of hydrogen-bond donors (Lipinski definition) is 1. The fourth-order valence-electron chi connectivity index (χ4n) is 2.52. The average Bonchev–Trinajstić information content (AvgIpc) is 3.25. The SMILES string of the molecule is COc1cc(-c2noc(COC(=O)CNC(=O)c3ccccc3F)n2)ccc1OC(F)F. The van der Waals surface area contributed by atoms with Gasteiger partial charge in [-0.25, -0.2) is 4.39 Å². The van der Waals surface area contributed by atoms with Crippen LogP contribution in [0.25, 0.3) is 11.4 Å². The first kappa shape index (κ1) is 22.6. The van der Waals surface area contributed by atoms with Crippen LogP contribution in [0.15, 0.2) is 47.0 Å². The number of aromatic nitrogens is 2. The molecule has 0 saturated carbocycles. The average molecular weight is 451 g/mol. The van der Waals surface area contributed by atoms with Crippen LogP contribution in [0.1, 0.15) is 16.2 Å². The molecule has 32 heavy (non-hydrogen) atoms. The highest BCUT2D eigenvalue weighted by molar-refractivity contribution is 5.96. The van der Waals surface area contributed by atoms with Gasteiger partial charge in [0.15, 0.2) is 18.1 Å². The van der Waals surface area contributed by atoms with E-state index in [0.29, 0.717) is 5.56 Å². The molecule has 0 aliphatic carbocycles. The van der Waals surface area contributed by atoms with E-state index in [1.165, 1.54) is 43.5 Å². The topological polar surface area (TPSA) is 113 Å². The molecular formula is C20H16F3N3O6. The van der Waals surface area contributed by atoms with Crippen molar-refractivity contribution in [2.24, 2.45) is 0 Å². The third-order valence-electron chi connectivity index (χ3n) is 3.97. The Balaban J connectivity index is 1.54. The molecule has 1 aromatic heterocycles. The standard InChI is InChI=1S/C20H16F3N3O6/c1-29-15-8-11(6-7-14(15)31-20(22)23)18-25-16(32-26-18)10-30-17(27)9-24-19(28)12-4-2-3-5-13(12)21/h2-8,20H,9-10H2,1H3,(H,24,28). The molecular weight excluding hydrogens is 435 g/mol. The van der Waals surface area contributed by atoms with Gasteiger partial charge in [0.25, 0.3) is 11.8 Å². The molecule has 0 radical (unpaired) electrons. The number of methoxy groups -OCH3 is 1. The Kier molecular flexibility index (Phi) is 7.26. The van der Waals surface area contributed by atoms with E-state index in [1.807, 2.05) is 0 Å². The van der Waals surface area contributed by atoms with Gasteiger partial charge in [0.05, 0.1) is 12.7 Å². The molecule has 3 aromatic rings. The molecule has 1 N–H and O–H groups in total. The number of carbonyl (C=O) groups excluding carboxylic acids is 2. The molecule has 0 saturated heterocycles. The van der Waals surface area contributed by atoms with Crippen LogP contribution in [0, 0.1) is 5.82 Å². The zero-order valence-corrected chi connectivity index (χ0v) is 16.5. The van der Waals surface area contributed by atoms with Gasteiger partial charge in [-0.05, 0) is 30.3 Å². The summed E-state index contributed by atoms with van der Waals surface area (Å²) in [4.78, 5) is 27.7. The smallest absolute Gasteiger partial charge is 0.387 e. The Morgan fingerprint density at radius 2 is 1.94 bits per heavy atom. The number of carbonyl (C=O) groups is 2. The van der Waals surface area contributed by atoms with Crippen molar-refractivity contribution < 1.29 is 41.5 Å². The molecule has 0 aliphatic rings. The number of rotatable bonds is 9. The number of hydrogen-bond acceptors (Lipinski definition) is 8. The van der Waals surface area contributed by atoms with Crippen LogP contribution in [0.5, 0.6) is 11.5 Å². The molecule has 168 valence electrons. The van der Waals surface area contributed by atoms with Gasteiger partial charge < -0.3 is 24.1 Å². The number of amides is 1. The van der Waals surface area contributed by atoms with Gasteiger partial charge in [-0.1, -0.05) is 17.3 Å². The van der Waals surface area contributed by atoms with Crippen molar-refractivity contribution in [1.29, 1.82) is 0 Å². The lowest BCUT2D eigenvalue weighted by molar-refractivity contribution is -0.144. The maximum atomic E-state index is 13.5. The van der Waals surface area contributed by atoms with Gasteiger partial charge in [-0.15, -0.1) is 0 Å². The molecule has 1 heterocycles. The summed E-state index contributed by atoms with van der Waals surface area (Å²) >= 11 is 0. The number of nitrogens with zero attached hydrogens (tertiary/aromatic N) is 2. The van der Waals surface area contributed by atoms with E-state index in [0.717, 1.165) is 6.07 Å². The van der Waals surface area contributed by atoms with E-state index in [-0.39, 0.29) is 35.4 Å². The molecule has 2 aromatic carbocycles. The summed E-state index contributed by atoms with van der Waals surface area (Å²) in [7, 11) is 1.28. The molecule has 0 spiro atoms. The highest BCUT2D eigenvalue weighted by Crippen LogP contribution is 2.32. The quantitative estimate of drug-likeness (QED) is 0.494. The Hall–Kier alpha value is -4.09. The number of nitrogens with one attached hydrogen (secondary N) is 1. The maximum Gasteiger partial charge on any atom is 0.387 e. The predicted octanol–water partition coefficient (Wildman–Crippen LogP) is 2.96. The molecule has 0 unspecified atom stereocenters. The Bertz CT molecular complexity index is 1110. The van der Waals surface area contributed by atoms with E-state index in [1.54, 1.807) is 0 Å². The van der Waals surface area contributed by atoms with Crippen molar-refractivity contribution in [2.75, 3.05) is 13.7 Å². The highest BCUT2D eigenvalue weighted by atomic mass is 19.3. The van der Waals surface area contributed by atoms with Gasteiger partial charge in [-0.3, -0.25) is 9.59 Å². The predicted molar refractivity (Wildman–Crippen MR) is 101 cm³/mol. The van der Waals surface area contributed by atoms with Gasteiger partial charge in [0.2, 0.25) is 5.82 Å². The van der Waals surface area contributed by atoms with Crippen LogP contribution in [-0.4, -0.2) is 42.3 Å². The van der Waals surface area contributed by atoms with Crippen LogP contribution in [0.2, 0.25) is 0 Å². The second kappa shape index (κ2) is 10.3. The molecule has 0 atom stereocenters. The maximum absolute atomic E-state index is 13.5. The van der Waals surface area contributed by atoms with Crippen molar-refractivity contribution >= 4 is 11.9 Å². The fourth-order valence-corrected chi connectivity index (χ4v) is 2.52. The summed E-state index contributed by atoms with van der Waals surface area (Å²) in [6, 6.07) is 9.36. The van der Waals surface area contributed by atoms with Crippen molar-refractivity contribution in [3.05, 3.63) is 59.7 Å². The van der Waals surface area contributed by atoms with E-state index in [4.69, 9.17) is 14.0 Å². The minimum absolute atomic E-state index is 0.0335. The Morgan fingerprint density at radius 3 is 2.66 bits per heavy atom. The third-order valence-corrected chi connectivity index (χ3v) is 3.97. The molecule has 12 heteroatoms. The Morgan fingerprint density at radius 1 is 1.16 bits per heavy atom. The zero-order chi connectivity index (χ0) is 23.1.